The first-order valence-corrected chi connectivity index (χ1v) is 5.31. The second-order valence-electron chi connectivity index (χ2n) is 5.10. The number of benzene rings is 1. The molecule has 1 aromatic carbocycles. The molecule has 84 valence electrons. The van der Waals surface area contributed by atoms with E-state index in [1.165, 1.54) is 0 Å². The molecule has 0 bridgehead atoms. The molecule has 0 amide bonds. The minimum atomic E-state index is 0.0722. The summed E-state index contributed by atoms with van der Waals surface area (Å²) in [5.74, 6) is 0.772. The Labute approximate surface area is 91.9 Å². The lowest BCUT2D eigenvalue weighted by Gasteiger charge is -2.21. The number of aromatic hydroxyl groups is 1. The molecule has 0 aromatic heterocycles. The second kappa shape index (κ2) is 4.13. The van der Waals surface area contributed by atoms with Crippen LogP contribution in [0.5, 0.6) is 11.5 Å². The van der Waals surface area contributed by atoms with Crippen LogP contribution in [0.4, 0.5) is 0 Å². The number of hydrogen-bond donors (Lipinski definition) is 1. The fourth-order valence-corrected chi connectivity index (χ4v) is 1.33. The largest absolute Gasteiger partial charge is 0.504 e. The van der Waals surface area contributed by atoms with Crippen LogP contribution in [0, 0.1) is 0 Å². The van der Waals surface area contributed by atoms with Crippen LogP contribution < -0.4 is 4.74 Å². The summed E-state index contributed by atoms with van der Waals surface area (Å²) in [7, 11) is 0. The van der Waals surface area contributed by atoms with Gasteiger partial charge in [0.2, 0.25) is 0 Å². The van der Waals surface area contributed by atoms with Crippen LogP contribution in [0.15, 0.2) is 18.2 Å². The van der Waals surface area contributed by atoms with E-state index >= 15 is 0 Å². The zero-order valence-corrected chi connectivity index (χ0v) is 10.2. The number of phenols is 1. The van der Waals surface area contributed by atoms with Crippen LogP contribution in [0.2, 0.25) is 0 Å². The van der Waals surface area contributed by atoms with Crippen molar-refractivity contribution in [1.29, 1.82) is 0 Å². The Balaban J connectivity index is 3.06. The first-order valence-electron chi connectivity index (χ1n) is 5.31. The zero-order valence-electron chi connectivity index (χ0n) is 10.2. The smallest absolute Gasteiger partial charge is 0.161 e. The lowest BCUT2D eigenvalue weighted by molar-refractivity contribution is 0.231. The number of hydrogen-bond acceptors (Lipinski definition) is 2. The summed E-state index contributed by atoms with van der Waals surface area (Å²) in [5.41, 5.74) is 1.24. The van der Waals surface area contributed by atoms with E-state index in [-0.39, 0.29) is 17.3 Å². The van der Waals surface area contributed by atoms with Gasteiger partial charge in [0.1, 0.15) is 0 Å². The maximum Gasteiger partial charge on any atom is 0.161 e. The molecule has 0 heterocycles. The molecule has 1 rings (SSSR count). The van der Waals surface area contributed by atoms with Gasteiger partial charge in [-0.05, 0) is 37.0 Å². The minimum Gasteiger partial charge on any atom is -0.504 e. The summed E-state index contributed by atoms with van der Waals surface area (Å²) in [6, 6.07) is 5.54. The van der Waals surface area contributed by atoms with Gasteiger partial charge in [0.05, 0.1) is 6.10 Å². The van der Waals surface area contributed by atoms with Gasteiger partial charge in [-0.2, -0.15) is 0 Å². The lowest BCUT2D eigenvalue weighted by Crippen LogP contribution is -2.12. The molecule has 0 saturated heterocycles. The van der Waals surface area contributed by atoms with Crippen molar-refractivity contribution < 1.29 is 9.84 Å². The van der Waals surface area contributed by atoms with E-state index in [1.807, 2.05) is 26.0 Å². The molecule has 0 aliphatic rings. The summed E-state index contributed by atoms with van der Waals surface area (Å²) in [6.45, 7) is 10.3. The van der Waals surface area contributed by atoms with E-state index in [9.17, 15) is 5.11 Å². The van der Waals surface area contributed by atoms with Crippen LogP contribution in [-0.2, 0) is 5.41 Å². The average Bonchev–Trinajstić information content (AvgIpc) is 2.06. The highest BCUT2D eigenvalue weighted by atomic mass is 16.5. The lowest BCUT2D eigenvalue weighted by atomic mass is 9.87. The molecule has 1 aromatic rings. The summed E-state index contributed by atoms with van der Waals surface area (Å²) in [4.78, 5) is 0. The van der Waals surface area contributed by atoms with Gasteiger partial charge in [-0.3, -0.25) is 0 Å². The normalized spacial score (nSPS) is 11.9. The summed E-state index contributed by atoms with van der Waals surface area (Å²) >= 11 is 0. The first kappa shape index (κ1) is 11.9. The maximum absolute atomic E-state index is 9.62. The summed E-state index contributed by atoms with van der Waals surface area (Å²) in [5, 5.41) is 9.62. The third-order valence-corrected chi connectivity index (χ3v) is 2.19. The van der Waals surface area contributed by atoms with Crippen LogP contribution in [0.25, 0.3) is 0 Å². The van der Waals surface area contributed by atoms with E-state index in [2.05, 4.69) is 20.8 Å². The fourth-order valence-electron chi connectivity index (χ4n) is 1.33. The summed E-state index contributed by atoms with van der Waals surface area (Å²) < 4.78 is 5.53. The Morgan fingerprint density at radius 3 is 2.27 bits per heavy atom. The SMILES string of the molecule is CC(C)Oc1cc(C(C)(C)C)ccc1O. The standard InChI is InChI=1S/C13H20O2/c1-9(2)15-12-8-10(13(3,4)5)6-7-11(12)14/h6-9,14H,1-5H3. The molecule has 2 heteroatoms. The Morgan fingerprint density at radius 2 is 1.80 bits per heavy atom. The fraction of sp³-hybridized carbons (Fsp3) is 0.538. The van der Waals surface area contributed by atoms with E-state index < -0.39 is 0 Å². The first-order chi connectivity index (χ1) is 6.80. The van der Waals surface area contributed by atoms with Gasteiger partial charge >= 0.3 is 0 Å². The molecule has 0 fully saturated rings. The molecular weight excluding hydrogens is 188 g/mol. The van der Waals surface area contributed by atoms with E-state index in [1.54, 1.807) is 6.07 Å². The Kier molecular flexibility index (Phi) is 3.28. The van der Waals surface area contributed by atoms with E-state index in [0.717, 1.165) is 5.56 Å². The van der Waals surface area contributed by atoms with Crippen molar-refractivity contribution >= 4 is 0 Å². The van der Waals surface area contributed by atoms with Crippen molar-refractivity contribution in [3.8, 4) is 11.5 Å². The molecule has 0 unspecified atom stereocenters. The molecule has 2 nitrogen and oxygen atoms in total. The van der Waals surface area contributed by atoms with Gasteiger partial charge < -0.3 is 9.84 Å². The van der Waals surface area contributed by atoms with Crippen molar-refractivity contribution in [3.63, 3.8) is 0 Å². The quantitative estimate of drug-likeness (QED) is 0.806. The Bertz CT molecular complexity index is 335. The topological polar surface area (TPSA) is 29.5 Å². The van der Waals surface area contributed by atoms with Gasteiger partial charge in [-0.25, -0.2) is 0 Å². The highest BCUT2D eigenvalue weighted by Gasteiger charge is 2.16. The van der Waals surface area contributed by atoms with Gasteiger partial charge in [0.15, 0.2) is 11.5 Å². The highest BCUT2D eigenvalue weighted by molar-refractivity contribution is 5.43. The van der Waals surface area contributed by atoms with Crippen LogP contribution in [-0.4, -0.2) is 11.2 Å². The Morgan fingerprint density at radius 1 is 1.20 bits per heavy atom. The molecule has 0 radical (unpaired) electrons. The Hall–Kier alpha value is -1.18. The molecule has 15 heavy (non-hydrogen) atoms. The second-order valence-corrected chi connectivity index (χ2v) is 5.10. The van der Waals surface area contributed by atoms with Gasteiger partial charge in [-0.15, -0.1) is 0 Å². The third-order valence-electron chi connectivity index (χ3n) is 2.19. The minimum absolute atomic E-state index is 0.0722. The van der Waals surface area contributed by atoms with Crippen molar-refractivity contribution in [3.05, 3.63) is 23.8 Å². The van der Waals surface area contributed by atoms with Crippen molar-refractivity contribution in [2.24, 2.45) is 0 Å². The molecule has 0 saturated carbocycles. The number of rotatable bonds is 2. The van der Waals surface area contributed by atoms with Gasteiger partial charge in [0.25, 0.3) is 0 Å². The monoisotopic (exact) mass is 208 g/mol. The zero-order chi connectivity index (χ0) is 11.6. The van der Waals surface area contributed by atoms with Crippen LogP contribution in [0.1, 0.15) is 40.2 Å². The number of ether oxygens (including phenoxy) is 1. The molecule has 0 aliphatic heterocycles. The third kappa shape index (κ3) is 3.15. The van der Waals surface area contributed by atoms with Crippen LogP contribution in [0.3, 0.4) is 0 Å². The van der Waals surface area contributed by atoms with Crippen LogP contribution >= 0.6 is 0 Å². The van der Waals surface area contributed by atoms with E-state index in [0.29, 0.717) is 5.75 Å². The molecular formula is C13H20O2. The van der Waals surface area contributed by atoms with Crippen molar-refractivity contribution in [2.75, 3.05) is 0 Å². The molecule has 1 N–H and O–H groups in total. The van der Waals surface area contributed by atoms with Gasteiger partial charge in [-0.1, -0.05) is 26.8 Å². The highest BCUT2D eigenvalue weighted by Crippen LogP contribution is 2.32. The molecule has 0 aliphatic carbocycles. The van der Waals surface area contributed by atoms with Gasteiger partial charge in [0, 0.05) is 0 Å². The molecule has 0 spiro atoms. The predicted octanol–water partition coefficient (Wildman–Crippen LogP) is 3.48. The average molecular weight is 208 g/mol. The number of phenolic OH excluding ortho intramolecular Hbond substituents is 1. The van der Waals surface area contributed by atoms with Crippen molar-refractivity contribution in [1.82, 2.24) is 0 Å². The summed E-state index contributed by atoms with van der Waals surface area (Å²) in [6.07, 6.45) is 0.0751. The maximum atomic E-state index is 9.62. The molecule has 0 atom stereocenters. The predicted molar refractivity (Wildman–Crippen MR) is 62.6 cm³/mol. The van der Waals surface area contributed by atoms with E-state index in [4.69, 9.17) is 4.74 Å². The van der Waals surface area contributed by atoms with Crippen molar-refractivity contribution in [2.45, 2.75) is 46.1 Å².